The molecule has 11 aromatic rings. The fourth-order valence-electron chi connectivity index (χ4n) is 13.0. The number of aromatic nitrogens is 4. The van der Waals surface area contributed by atoms with E-state index in [4.69, 9.17) is 9.72 Å². The quantitative estimate of drug-likeness (QED) is 0.127. The first kappa shape index (κ1) is 57.1. The monoisotopic (exact) mass is 1280 g/mol. The van der Waals surface area contributed by atoms with E-state index in [-0.39, 0.29) is 53.6 Å². The van der Waals surface area contributed by atoms with Gasteiger partial charge in [0.15, 0.2) is 0 Å². The van der Waals surface area contributed by atoms with Gasteiger partial charge in [-0.05, 0) is 165 Å². The molecule has 1 aliphatic heterocycles. The van der Waals surface area contributed by atoms with Gasteiger partial charge in [0.2, 0.25) is 0 Å². The van der Waals surface area contributed by atoms with E-state index >= 15 is 0 Å². The average Bonchev–Trinajstić information content (AvgIpc) is 1.48. The Morgan fingerprint density at radius 2 is 1.04 bits per heavy atom. The number of rotatable bonds is 5. The number of imidazole rings is 1. The van der Waals surface area contributed by atoms with Crippen molar-refractivity contribution in [3.8, 4) is 73.2 Å². The van der Waals surface area contributed by atoms with Crippen molar-refractivity contribution in [1.82, 2.24) is 14.1 Å². The number of benzene rings is 8. The summed E-state index contributed by atoms with van der Waals surface area (Å²) in [5, 5.41) is 2.22. The first-order valence-electron chi connectivity index (χ1n) is 29.9. The van der Waals surface area contributed by atoms with Crippen LogP contribution in [0.1, 0.15) is 157 Å². The van der Waals surface area contributed by atoms with Gasteiger partial charge in [-0.1, -0.05) is 207 Å². The Kier molecular flexibility index (Phi) is 13.5. The molecule has 0 N–H and O–H groups in total. The van der Waals surface area contributed by atoms with Crippen molar-refractivity contribution in [3.63, 3.8) is 0 Å². The van der Waals surface area contributed by atoms with Crippen LogP contribution in [0.5, 0.6) is 11.5 Å². The zero-order chi connectivity index (χ0) is 58.5. The van der Waals surface area contributed by atoms with E-state index in [1.165, 1.54) is 66.8 Å². The first-order valence-corrected chi connectivity index (χ1v) is 29.9. The molecular weight excluding hydrogens is 1200 g/mol. The Bertz CT molecular complexity index is 4430. The predicted octanol–water partition coefficient (Wildman–Crippen LogP) is 20.1. The maximum Gasteiger partial charge on any atom is 0.268 e. The van der Waals surface area contributed by atoms with Crippen molar-refractivity contribution >= 4 is 32.8 Å². The molecule has 3 aromatic heterocycles. The van der Waals surface area contributed by atoms with Crippen molar-refractivity contribution in [3.05, 3.63) is 210 Å². The summed E-state index contributed by atoms with van der Waals surface area (Å²) >= 11 is 0. The maximum absolute atomic E-state index is 6.92. The third-order valence-electron chi connectivity index (χ3n) is 18.3. The molecule has 6 heteroatoms. The van der Waals surface area contributed by atoms with Crippen LogP contribution in [0.2, 0.25) is 0 Å². The molecule has 8 aromatic carbocycles. The minimum atomic E-state index is -0.195. The molecule has 0 bridgehead atoms. The molecule has 0 radical (unpaired) electrons. The van der Waals surface area contributed by atoms with E-state index in [1.807, 2.05) is 18.3 Å². The molecule has 13 rings (SSSR count). The molecule has 0 saturated carbocycles. The molecular formula is C78H78N4OPt-2. The maximum atomic E-state index is 6.92. The number of hydrogen-bond donors (Lipinski definition) is 0. The Balaban J connectivity index is 0.00000694. The van der Waals surface area contributed by atoms with E-state index in [0.717, 1.165) is 74.0 Å². The second kappa shape index (κ2) is 19.9. The van der Waals surface area contributed by atoms with Crippen LogP contribution in [-0.4, -0.2) is 14.1 Å². The van der Waals surface area contributed by atoms with Crippen LogP contribution in [-0.2, 0) is 53.6 Å². The largest absolute Gasteiger partial charge is 0.510 e. The molecule has 4 heterocycles. The van der Waals surface area contributed by atoms with E-state index < -0.39 is 0 Å². The SMILES string of the molecule is CC(C)(C)c1cc(-c2cccc3c2-[n+]2[c-]n(-c4[c-]c(Oc5[c-]c6c(cc5)c5ccccc5n6-c5cc(C(C)(C)C)ccn5)ccc4)c4cc(C(C)(C)C)cc(c42)-c2ccccc2-c2cc4c(cc2-3)C(C)(C)CCC4(C)C)cc(C(C)(C)C)c1.[Pt]. The number of fused-ring (bicyclic) bond motifs is 11. The Hall–Kier alpha value is -7.33. The molecule has 0 saturated heterocycles. The molecule has 428 valence electrons. The summed E-state index contributed by atoms with van der Waals surface area (Å²) in [5.41, 5.74) is 23.1. The van der Waals surface area contributed by atoms with Crippen molar-refractivity contribution in [2.75, 3.05) is 0 Å². The van der Waals surface area contributed by atoms with Gasteiger partial charge in [0, 0.05) is 44.3 Å². The molecule has 0 spiro atoms. The van der Waals surface area contributed by atoms with E-state index in [9.17, 15) is 0 Å². The summed E-state index contributed by atoms with van der Waals surface area (Å²) in [6.45, 7) is 37.5. The van der Waals surface area contributed by atoms with Gasteiger partial charge in [-0.15, -0.1) is 29.7 Å². The number of pyridine rings is 1. The first-order chi connectivity index (χ1) is 39.1. The van der Waals surface area contributed by atoms with Gasteiger partial charge < -0.3 is 13.9 Å². The number of nitrogens with zero attached hydrogens (tertiary/aromatic N) is 4. The summed E-state index contributed by atoms with van der Waals surface area (Å²) in [5.74, 6) is 2.02. The van der Waals surface area contributed by atoms with Crippen LogP contribution < -0.4 is 9.30 Å². The van der Waals surface area contributed by atoms with Crippen LogP contribution in [0.4, 0.5) is 0 Å². The minimum absolute atomic E-state index is 0. The number of ether oxygens (including phenoxy) is 1. The Labute approximate surface area is 513 Å². The van der Waals surface area contributed by atoms with E-state index in [2.05, 4.69) is 282 Å². The molecule has 1 aliphatic carbocycles. The molecule has 0 unspecified atom stereocenters. The molecule has 84 heavy (non-hydrogen) atoms. The molecule has 0 amide bonds. The second-order valence-corrected chi connectivity index (χ2v) is 29.3. The second-order valence-electron chi connectivity index (χ2n) is 29.3. The van der Waals surface area contributed by atoms with Crippen LogP contribution >= 0.6 is 0 Å². The molecule has 0 fully saturated rings. The van der Waals surface area contributed by atoms with Gasteiger partial charge in [0.05, 0.1) is 16.7 Å². The molecule has 2 aliphatic rings. The standard InChI is InChI=1S/C78H78N4O.Pt/c1-73(2,3)49-33-36-79-70(42-49)82-67-30-20-19-27-59(67)60-32-31-55(44-68(60)82)83-54-24-21-23-53(43-54)80-47-81-71-56(48-37-50(74(4,5)6)39-51(38-48)75(7,8)9)28-22-29-61(71)63-46-66-65(77(13,14)34-35-78(66,15)16)45-62(63)57-25-17-18-26-58(57)64-40-52(76(10,11)12)41-69(80)72(64)81;/h17-33,36-42,45-46H,34-35H2,1-16H3;/q-2;. The van der Waals surface area contributed by atoms with Gasteiger partial charge in [-0.25, -0.2) is 4.98 Å². The number of para-hydroxylation sites is 2. The third kappa shape index (κ3) is 9.67. The molecule has 5 nitrogen and oxygen atoms in total. The molecule has 0 atom stereocenters. The smallest absolute Gasteiger partial charge is 0.268 e. The summed E-state index contributed by atoms with van der Waals surface area (Å²) in [4.78, 5) is 4.94. The fraction of sp³-hybridized carbons (Fsp3) is 0.308. The van der Waals surface area contributed by atoms with Gasteiger partial charge in [-0.2, -0.15) is 18.2 Å². The Morgan fingerprint density at radius 1 is 0.476 bits per heavy atom. The van der Waals surface area contributed by atoms with Crippen LogP contribution in [0.25, 0.3) is 94.5 Å². The minimum Gasteiger partial charge on any atom is -0.510 e. The summed E-state index contributed by atoms with van der Waals surface area (Å²) in [7, 11) is 0. The van der Waals surface area contributed by atoms with Crippen LogP contribution in [0.15, 0.2) is 158 Å². The van der Waals surface area contributed by atoms with Crippen LogP contribution in [0.3, 0.4) is 0 Å². The average molecular weight is 1280 g/mol. The summed E-state index contributed by atoms with van der Waals surface area (Å²) in [6, 6.07) is 64.3. The fourth-order valence-corrected chi connectivity index (χ4v) is 13.0. The normalized spacial score (nSPS) is 14.7. The van der Waals surface area contributed by atoms with Crippen molar-refractivity contribution in [2.45, 2.75) is 156 Å². The third-order valence-corrected chi connectivity index (χ3v) is 18.3. The van der Waals surface area contributed by atoms with Gasteiger partial charge in [0.1, 0.15) is 5.82 Å². The zero-order valence-corrected chi connectivity index (χ0v) is 54.2. The summed E-state index contributed by atoms with van der Waals surface area (Å²) in [6.07, 6.45) is 8.30. The van der Waals surface area contributed by atoms with E-state index in [1.54, 1.807) is 0 Å². The topological polar surface area (TPSA) is 35.9 Å². The van der Waals surface area contributed by atoms with E-state index in [0.29, 0.717) is 11.5 Å². The van der Waals surface area contributed by atoms with Crippen molar-refractivity contribution < 1.29 is 30.4 Å². The predicted molar refractivity (Wildman–Crippen MR) is 345 cm³/mol. The van der Waals surface area contributed by atoms with Crippen molar-refractivity contribution in [1.29, 1.82) is 0 Å². The summed E-state index contributed by atoms with van der Waals surface area (Å²) < 4.78 is 13.8. The van der Waals surface area contributed by atoms with Gasteiger partial charge >= 0.3 is 0 Å². The van der Waals surface area contributed by atoms with Gasteiger partial charge in [-0.3, -0.25) is 4.57 Å². The van der Waals surface area contributed by atoms with Crippen molar-refractivity contribution in [2.24, 2.45) is 0 Å². The van der Waals surface area contributed by atoms with Gasteiger partial charge in [0.25, 0.3) is 6.33 Å². The van der Waals surface area contributed by atoms with Crippen LogP contribution in [0, 0.1) is 18.5 Å². The number of hydrogen-bond acceptors (Lipinski definition) is 2. The Morgan fingerprint density at radius 3 is 1.69 bits per heavy atom. The zero-order valence-electron chi connectivity index (χ0n) is 51.9.